The molecule has 4 aromatic rings. The zero-order valence-corrected chi connectivity index (χ0v) is 19.4. The van der Waals surface area contributed by atoms with Gasteiger partial charge in [-0.05, 0) is 17.7 Å². The third-order valence-electron chi connectivity index (χ3n) is 5.64. The van der Waals surface area contributed by atoms with E-state index in [-0.39, 0.29) is 43.4 Å². The third-order valence-corrected chi connectivity index (χ3v) is 5.64. The van der Waals surface area contributed by atoms with Crippen molar-refractivity contribution in [2.24, 2.45) is 7.05 Å². The molecule has 0 spiro atoms. The van der Waals surface area contributed by atoms with E-state index in [0.29, 0.717) is 11.0 Å². The molecule has 0 aliphatic heterocycles. The normalized spacial score (nSPS) is 11.0. The number of nitrogens with one attached hydrogen (secondary N) is 3. The van der Waals surface area contributed by atoms with Crippen LogP contribution < -0.4 is 27.6 Å². The van der Waals surface area contributed by atoms with Crippen LogP contribution in [0.5, 0.6) is 0 Å². The fraction of sp³-hybridized carbons (Fsp3) is 0.250. The van der Waals surface area contributed by atoms with Crippen molar-refractivity contribution >= 4 is 28.4 Å². The lowest BCUT2D eigenvalue weighted by atomic mass is 10.2. The van der Waals surface area contributed by atoms with Crippen molar-refractivity contribution in [1.82, 2.24) is 18.7 Å². The first-order chi connectivity index (χ1) is 16.9. The number of aromatic nitrogens is 4. The molecule has 4 rings (SSSR count). The number of rotatable bonds is 9. The highest BCUT2D eigenvalue weighted by Gasteiger charge is 2.19. The number of aryl methyl sites for hydroxylation is 1. The van der Waals surface area contributed by atoms with Crippen molar-refractivity contribution in [3.63, 3.8) is 0 Å². The summed E-state index contributed by atoms with van der Waals surface area (Å²) in [4.78, 5) is 53.4. The van der Waals surface area contributed by atoms with Gasteiger partial charge in [-0.15, -0.1) is 0 Å². The fourth-order valence-electron chi connectivity index (χ4n) is 3.88. The van der Waals surface area contributed by atoms with Crippen molar-refractivity contribution < 1.29 is 9.53 Å². The van der Waals surface area contributed by atoms with Crippen LogP contribution in [0.2, 0.25) is 0 Å². The quantitative estimate of drug-likeness (QED) is 0.330. The van der Waals surface area contributed by atoms with E-state index in [9.17, 15) is 19.2 Å². The van der Waals surface area contributed by atoms with E-state index < -0.39 is 17.2 Å². The van der Waals surface area contributed by atoms with Gasteiger partial charge < -0.3 is 15.4 Å². The minimum atomic E-state index is -0.685. The number of amides is 1. The number of H-pyrrole nitrogens is 1. The smallest absolute Gasteiger partial charge is 0.330 e. The molecule has 2 aromatic carbocycles. The second-order valence-electron chi connectivity index (χ2n) is 7.93. The van der Waals surface area contributed by atoms with Crippen LogP contribution >= 0.6 is 0 Å². The summed E-state index contributed by atoms with van der Waals surface area (Å²) in [7, 11) is 3.11. The number of anilines is 2. The maximum atomic E-state index is 13.1. The summed E-state index contributed by atoms with van der Waals surface area (Å²) in [6.07, 6.45) is 0. The van der Waals surface area contributed by atoms with Crippen molar-refractivity contribution in [1.29, 1.82) is 0 Å². The molecular weight excluding hydrogens is 452 g/mol. The van der Waals surface area contributed by atoms with Crippen LogP contribution in [0.4, 0.5) is 11.5 Å². The Labute approximate surface area is 199 Å². The van der Waals surface area contributed by atoms with Crippen LogP contribution in [-0.4, -0.2) is 38.3 Å². The molecule has 0 atom stereocenters. The van der Waals surface area contributed by atoms with E-state index in [1.807, 2.05) is 36.4 Å². The standard InChI is InChI=1S/C24H26N6O5/c1-28-17-10-6-7-11-18(17)30(24(28)34)15-19(31)26-21-20(25-14-16-8-4-3-5-9-16)22(32)27-23(33)29(21)12-13-35-2/h3-11,25H,12-15H2,1-2H3,(H,26,31)(H,27,32,33). The number of aromatic amines is 1. The Hall–Kier alpha value is -4.38. The molecule has 35 heavy (non-hydrogen) atoms. The summed E-state index contributed by atoms with van der Waals surface area (Å²) in [5.74, 6) is -0.563. The van der Waals surface area contributed by atoms with Gasteiger partial charge in [0.05, 0.1) is 24.2 Å². The van der Waals surface area contributed by atoms with Crippen LogP contribution in [0.25, 0.3) is 11.0 Å². The predicted octanol–water partition coefficient (Wildman–Crippen LogP) is 1.09. The Bertz CT molecular complexity index is 1530. The zero-order valence-electron chi connectivity index (χ0n) is 19.4. The van der Waals surface area contributed by atoms with Crippen LogP contribution in [-0.2, 0) is 36.2 Å². The van der Waals surface area contributed by atoms with Gasteiger partial charge in [-0.25, -0.2) is 9.59 Å². The Balaban J connectivity index is 1.69. The highest BCUT2D eigenvalue weighted by molar-refractivity contribution is 5.93. The number of nitrogens with zero attached hydrogens (tertiary/aromatic N) is 3. The molecule has 11 heteroatoms. The summed E-state index contributed by atoms with van der Waals surface area (Å²) in [5.41, 5.74) is 0.506. The first-order valence-corrected chi connectivity index (χ1v) is 11.0. The molecule has 1 amide bonds. The van der Waals surface area contributed by atoms with Gasteiger partial charge in [-0.3, -0.25) is 28.3 Å². The Morgan fingerprint density at radius 2 is 1.66 bits per heavy atom. The summed E-state index contributed by atoms with van der Waals surface area (Å²) in [5, 5.41) is 5.70. The molecule has 2 heterocycles. The van der Waals surface area contributed by atoms with Crippen LogP contribution in [0.15, 0.2) is 69.0 Å². The zero-order chi connectivity index (χ0) is 24.9. The molecule has 11 nitrogen and oxygen atoms in total. The number of carbonyl (C=O) groups excluding carboxylic acids is 1. The molecule has 182 valence electrons. The van der Waals surface area contributed by atoms with Gasteiger partial charge in [0.2, 0.25) is 5.91 Å². The lowest BCUT2D eigenvalue weighted by molar-refractivity contribution is -0.116. The monoisotopic (exact) mass is 478 g/mol. The van der Waals surface area contributed by atoms with Crippen molar-refractivity contribution in [3.05, 3.63) is 91.5 Å². The molecule has 0 radical (unpaired) electrons. The largest absolute Gasteiger partial charge is 0.383 e. The summed E-state index contributed by atoms with van der Waals surface area (Å²) >= 11 is 0. The van der Waals surface area contributed by atoms with Gasteiger partial charge in [-0.1, -0.05) is 42.5 Å². The highest BCUT2D eigenvalue weighted by Crippen LogP contribution is 2.17. The molecule has 0 fully saturated rings. The molecule has 0 bridgehead atoms. The van der Waals surface area contributed by atoms with E-state index in [0.717, 1.165) is 5.56 Å². The fourth-order valence-corrected chi connectivity index (χ4v) is 3.88. The molecule has 0 unspecified atom stereocenters. The second-order valence-corrected chi connectivity index (χ2v) is 7.93. The molecule has 3 N–H and O–H groups in total. The molecule has 2 aromatic heterocycles. The summed E-state index contributed by atoms with van der Waals surface area (Å²) in [6, 6.07) is 16.5. The number of hydrogen-bond donors (Lipinski definition) is 3. The SMILES string of the molecule is COCCn1c(NC(=O)Cn2c(=O)n(C)c3ccccc32)c(NCc2ccccc2)c(=O)[nH]c1=O. The average molecular weight is 479 g/mol. The van der Waals surface area contributed by atoms with Crippen LogP contribution in [0.3, 0.4) is 0 Å². The maximum absolute atomic E-state index is 13.1. The third kappa shape index (κ3) is 4.94. The number of ether oxygens (including phenoxy) is 1. The van der Waals surface area contributed by atoms with E-state index in [1.165, 1.54) is 20.8 Å². The van der Waals surface area contributed by atoms with E-state index >= 15 is 0 Å². The van der Waals surface area contributed by atoms with E-state index in [2.05, 4.69) is 15.6 Å². The summed E-state index contributed by atoms with van der Waals surface area (Å²) < 4.78 is 9.11. The number of carbonyl (C=O) groups is 1. The highest BCUT2D eigenvalue weighted by atomic mass is 16.5. The number of para-hydroxylation sites is 2. The first kappa shape index (κ1) is 23.8. The number of fused-ring (bicyclic) bond motifs is 1. The Kier molecular flexibility index (Phi) is 6.97. The molecular formula is C24H26N6O5. The maximum Gasteiger partial charge on any atom is 0.330 e. The molecule has 0 aliphatic rings. The van der Waals surface area contributed by atoms with Crippen LogP contribution in [0.1, 0.15) is 5.56 Å². The lowest BCUT2D eigenvalue weighted by Gasteiger charge is -2.18. The minimum Gasteiger partial charge on any atom is -0.383 e. The van der Waals surface area contributed by atoms with E-state index in [1.54, 1.807) is 25.2 Å². The number of imidazole rings is 1. The summed E-state index contributed by atoms with van der Waals surface area (Å²) in [6.45, 7) is 0.257. The Morgan fingerprint density at radius 1 is 0.971 bits per heavy atom. The number of hydrogen-bond acceptors (Lipinski definition) is 6. The van der Waals surface area contributed by atoms with Gasteiger partial charge in [-0.2, -0.15) is 0 Å². The van der Waals surface area contributed by atoms with Gasteiger partial charge in [0.15, 0.2) is 0 Å². The van der Waals surface area contributed by atoms with E-state index in [4.69, 9.17) is 4.74 Å². The first-order valence-electron chi connectivity index (χ1n) is 11.0. The van der Waals surface area contributed by atoms with Crippen LogP contribution in [0, 0.1) is 0 Å². The van der Waals surface area contributed by atoms with Gasteiger partial charge in [0.25, 0.3) is 5.56 Å². The van der Waals surface area contributed by atoms with Gasteiger partial charge in [0, 0.05) is 20.7 Å². The van der Waals surface area contributed by atoms with Crippen molar-refractivity contribution in [2.75, 3.05) is 24.4 Å². The second kappa shape index (κ2) is 10.3. The number of methoxy groups -OCH3 is 1. The Morgan fingerprint density at radius 3 is 2.37 bits per heavy atom. The number of benzene rings is 2. The molecule has 0 saturated heterocycles. The minimum absolute atomic E-state index is 0.00465. The average Bonchev–Trinajstić information content (AvgIpc) is 3.09. The van der Waals surface area contributed by atoms with Gasteiger partial charge >= 0.3 is 11.4 Å². The molecule has 0 saturated carbocycles. The predicted molar refractivity (Wildman–Crippen MR) is 133 cm³/mol. The topological polar surface area (TPSA) is 132 Å². The molecule has 0 aliphatic carbocycles. The van der Waals surface area contributed by atoms with Crippen molar-refractivity contribution in [2.45, 2.75) is 19.6 Å². The lowest BCUT2D eigenvalue weighted by Crippen LogP contribution is -2.37. The van der Waals surface area contributed by atoms with Crippen molar-refractivity contribution in [3.8, 4) is 0 Å². The van der Waals surface area contributed by atoms with Gasteiger partial charge in [0.1, 0.15) is 18.1 Å².